The van der Waals surface area contributed by atoms with Gasteiger partial charge in [0.15, 0.2) is 0 Å². The van der Waals surface area contributed by atoms with Crippen LogP contribution in [0.2, 0.25) is 10.0 Å². The van der Waals surface area contributed by atoms with E-state index in [0.29, 0.717) is 34.6 Å². The van der Waals surface area contributed by atoms with Crippen LogP contribution in [-0.2, 0) is 4.79 Å². The van der Waals surface area contributed by atoms with Gasteiger partial charge in [-0.05, 0) is 55.3 Å². The van der Waals surface area contributed by atoms with Crippen LogP contribution in [0.4, 0.5) is 0 Å². The minimum Gasteiger partial charge on any atom is -0.343 e. The van der Waals surface area contributed by atoms with Gasteiger partial charge in [-0.15, -0.1) is 11.3 Å². The third-order valence-corrected chi connectivity index (χ3v) is 6.76. The fourth-order valence-corrected chi connectivity index (χ4v) is 4.85. The van der Waals surface area contributed by atoms with E-state index in [2.05, 4.69) is 5.32 Å². The van der Waals surface area contributed by atoms with Gasteiger partial charge >= 0.3 is 0 Å². The molecule has 2 heterocycles. The Morgan fingerprint density at radius 1 is 1.07 bits per heavy atom. The summed E-state index contributed by atoms with van der Waals surface area (Å²) in [4.78, 5) is 31.2. The van der Waals surface area contributed by atoms with Gasteiger partial charge in [-0.2, -0.15) is 0 Å². The van der Waals surface area contributed by atoms with Crippen molar-refractivity contribution in [3.8, 4) is 0 Å². The van der Waals surface area contributed by atoms with Gasteiger partial charge in [0.1, 0.15) is 0 Å². The number of amides is 2. The van der Waals surface area contributed by atoms with Crippen LogP contribution < -0.4 is 5.32 Å². The lowest BCUT2D eigenvalue weighted by molar-refractivity contribution is -0.131. The molecule has 1 aliphatic heterocycles. The zero-order valence-corrected chi connectivity index (χ0v) is 17.9. The van der Waals surface area contributed by atoms with Gasteiger partial charge < -0.3 is 10.2 Å². The number of likely N-dealkylation sites (tertiary alicyclic amines) is 1. The monoisotopic (exact) mass is 447 g/mol. The van der Waals surface area contributed by atoms with Crippen molar-refractivity contribution in [1.82, 2.24) is 15.2 Å². The maximum atomic E-state index is 12.5. The molecular formula is C21H19Cl2N3O2S. The molecule has 1 fully saturated rings. The topological polar surface area (TPSA) is 62.3 Å². The van der Waals surface area contributed by atoms with E-state index in [-0.39, 0.29) is 18.4 Å². The van der Waals surface area contributed by atoms with E-state index in [4.69, 9.17) is 28.2 Å². The van der Waals surface area contributed by atoms with Crippen LogP contribution in [0.25, 0.3) is 10.2 Å². The molecule has 4 rings (SSSR count). The number of carbonyl (C=O) groups is 2. The highest BCUT2D eigenvalue weighted by molar-refractivity contribution is 7.18. The van der Waals surface area contributed by atoms with Crippen molar-refractivity contribution in [3.05, 3.63) is 63.1 Å². The summed E-state index contributed by atoms with van der Waals surface area (Å²) >= 11 is 13.6. The molecule has 2 aromatic carbocycles. The Bertz CT molecular complexity index is 1040. The Kier molecular flexibility index (Phi) is 6.04. The Hall–Kier alpha value is -2.15. The van der Waals surface area contributed by atoms with Crippen LogP contribution in [0, 0.1) is 0 Å². The quantitative estimate of drug-likeness (QED) is 0.627. The Morgan fingerprint density at radius 2 is 1.76 bits per heavy atom. The third-order valence-electron chi connectivity index (χ3n) is 5.07. The van der Waals surface area contributed by atoms with Crippen molar-refractivity contribution in [1.29, 1.82) is 0 Å². The molecule has 0 atom stereocenters. The Balaban J connectivity index is 1.30. The molecule has 1 N–H and O–H groups in total. The zero-order chi connectivity index (χ0) is 20.4. The first-order valence-electron chi connectivity index (χ1n) is 9.37. The molecule has 1 aromatic heterocycles. The molecule has 5 nitrogen and oxygen atoms in total. The number of thiazole rings is 1. The van der Waals surface area contributed by atoms with E-state index < -0.39 is 0 Å². The smallest absolute Gasteiger partial charge is 0.251 e. The summed E-state index contributed by atoms with van der Waals surface area (Å²) in [7, 11) is 0. The first-order chi connectivity index (χ1) is 14.0. The second kappa shape index (κ2) is 8.69. The number of carbonyl (C=O) groups excluding carboxylic acids is 2. The van der Waals surface area contributed by atoms with Crippen molar-refractivity contribution < 1.29 is 9.59 Å². The third kappa shape index (κ3) is 4.71. The van der Waals surface area contributed by atoms with E-state index in [1.54, 1.807) is 35.6 Å². The number of nitrogens with zero attached hydrogens (tertiary/aromatic N) is 2. The number of benzene rings is 2. The number of fused-ring (bicyclic) bond motifs is 1. The van der Waals surface area contributed by atoms with Crippen molar-refractivity contribution >= 4 is 56.6 Å². The molecule has 0 aliphatic carbocycles. The number of nitrogens with one attached hydrogen (secondary N) is 1. The molecule has 29 heavy (non-hydrogen) atoms. The van der Waals surface area contributed by atoms with Crippen molar-refractivity contribution in [2.75, 3.05) is 19.6 Å². The number of hydrogen-bond acceptors (Lipinski definition) is 4. The number of hydrogen-bond donors (Lipinski definition) is 1. The molecule has 0 unspecified atom stereocenters. The molecule has 0 spiro atoms. The summed E-state index contributed by atoms with van der Waals surface area (Å²) in [5.74, 6) is -0.00114. The first kappa shape index (κ1) is 20.1. The van der Waals surface area contributed by atoms with Gasteiger partial charge in [0, 0.05) is 34.6 Å². The first-order valence-corrected chi connectivity index (χ1v) is 10.9. The molecule has 0 bridgehead atoms. The minimum absolute atomic E-state index is 0.00817. The zero-order valence-electron chi connectivity index (χ0n) is 15.5. The van der Waals surface area contributed by atoms with E-state index in [0.717, 1.165) is 28.1 Å². The van der Waals surface area contributed by atoms with Crippen LogP contribution in [0.15, 0.2) is 42.5 Å². The van der Waals surface area contributed by atoms with Crippen molar-refractivity contribution in [3.63, 3.8) is 0 Å². The van der Waals surface area contributed by atoms with E-state index in [1.165, 1.54) is 0 Å². The summed E-state index contributed by atoms with van der Waals surface area (Å²) in [6.45, 7) is 1.32. The van der Waals surface area contributed by atoms with Gasteiger partial charge in [0.05, 0.1) is 21.8 Å². The highest BCUT2D eigenvalue weighted by Crippen LogP contribution is 2.34. The van der Waals surface area contributed by atoms with Gasteiger partial charge in [-0.3, -0.25) is 9.59 Å². The predicted molar refractivity (Wildman–Crippen MR) is 117 cm³/mol. The SMILES string of the molecule is O=C(NCC(=O)N1CCC(c2nc3cc(Cl)ccc3s2)CC1)c1ccc(Cl)cc1. The van der Waals surface area contributed by atoms with Crippen LogP contribution in [0.3, 0.4) is 0 Å². The van der Waals surface area contributed by atoms with Gasteiger partial charge in [-0.1, -0.05) is 23.2 Å². The average Bonchev–Trinajstić information content (AvgIpc) is 3.15. The molecule has 2 amide bonds. The van der Waals surface area contributed by atoms with Crippen molar-refractivity contribution in [2.45, 2.75) is 18.8 Å². The predicted octanol–water partition coefficient (Wildman–Crippen LogP) is 4.74. The molecule has 0 saturated carbocycles. The minimum atomic E-state index is -0.280. The number of rotatable bonds is 4. The summed E-state index contributed by atoms with van der Waals surface area (Å²) in [5, 5.41) is 5.04. The standard InChI is InChI=1S/C21H19Cl2N3O2S/c22-15-3-1-13(2-4-15)20(28)24-12-19(27)26-9-7-14(8-10-26)21-25-17-11-16(23)5-6-18(17)29-21/h1-6,11,14H,7-10,12H2,(H,24,28). The van der Waals surface area contributed by atoms with Gasteiger partial charge in [0.2, 0.25) is 5.91 Å². The van der Waals surface area contributed by atoms with E-state index in [9.17, 15) is 9.59 Å². The van der Waals surface area contributed by atoms with Crippen LogP contribution in [-0.4, -0.2) is 41.3 Å². The van der Waals surface area contributed by atoms with Crippen molar-refractivity contribution in [2.24, 2.45) is 0 Å². The molecule has 3 aromatic rings. The van der Waals surface area contributed by atoms with Gasteiger partial charge in [-0.25, -0.2) is 4.98 Å². The summed E-state index contributed by atoms with van der Waals surface area (Å²) < 4.78 is 1.13. The van der Waals surface area contributed by atoms with Crippen LogP contribution >= 0.6 is 34.5 Å². The molecule has 8 heteroatoms. The molecule has 1 aliphatic rings. The summed E-state index contributed by atoms with van der Waals surface area (Å²) in [5.41, 5.74) is 1.41. The number of halogens is 2. The lowest BCUT2D eigenvalue weighted by Gasteiger charge is -2.31. The Morgan fingerprint density at radius 3 is 2.48 bits per heavy atom. The fraction of sp³-hybridized carbons (Fsp3) is 0.286. The lowest BCUT2D eigenvalue weighted by Crippen LogP contribution is -2.43. The molecular weight excluding hydrogens is 429 g/mol. The Labute approximate surface area is 182 Å². The largest absolute Gasteiger partial charge is 0.343 e. The summed E-state index contributed by atoms with van der Waals surface area (Å²) in [6, 6.07) is 12.3. The molecule has 1 saturated heterocycles. The van der Waals surface area contributed by atoms with Gasteiger partial charge in [0.25, 0.3) is 5.91 Å². The van der Waals surface area contributed by atoms with E-state index in [1.807, 2.05) is 23.1 Å². The second-order valence-corrected chi connectivity index (χ2v) is 8.94. The maximum Gasteiger partial charge on any atom is 0.251 e. The normalized spacial score (nSPS) is 14.9. The summed E-state index contributed by atoms with van der Waals surface area (Å²) in [6.07, 6.45) is 1.73. The number of aromatic nitrogens is 1. The number of piperidine rings is 1. The van der Waals surface area contributed by atoms with Crippen LogP contribution in [0.5, 0.6) is 0 Å². The van der Waals surface area contributed by atoms with E-state index >= 15 is 0 Å². The average molecular weight is 448 g/mol. The highest BCUT2D eigenvalue weighted by Gasteiger charge is 2.26. The molecule has 0 radical (unpaired) electrons. The highest BCUT2D eigenvalue weighted by atomic mass is 35.5. The lowest BCUT2D eigenvalue weighted by atomic mass is 9.97. The molecule has 150 valence electrons. The second-order valence-electron chi connectivity index (χ2n) is 7.01. The van der Waals surface area contributed by atoms with Crippen LogP contribution in [0.1, 0.15) is 34.1 Å². The maximum absolute atomic E-state index is 12.5. The fourth-order valence-electron chi connectivity index (χ4n) is 3.44.